The van der Waals surface area contributed by atoms with Crippen molar-refractivity contribution in [3.05, 3.63) is 60.2 Å². The molecule has 0 aromatic heterocycles. The number of benzene rings is 2. The number of carbonyl (C=O) groups is 1. The van der Waals surface area contributed by atoms with Crippen molar-refractivity contribution < 1.29 is 13.2 Å². The van der Waals surface area contributed by atoms with Crippen LogP contribution in [0, 0.1) is 0 Å². The van der Waals surface area contributed by atoms with Gasteiger partial charge in [-0.1, -0.05) is 30.3 Å². The van der Waals surface area contributed by atoms with Gasteiger partial charge in [0.2, 0.25) is 0 Å². The Labute approximate surface area is 135 Å². The van der Waals surface area contributed by atoms with E-state index in [1.807, 2.05) is 42.5 Å². The highest BCUT2D eigenvalue weighted by Gasteiger charge is 2.29. The van der Waals surface area contributed by atoms with E-state index in [-0.39, 0.29) is 23.5 Å². The highest BCUT2D eigenvalue weighted by molar-refractivity contribution is 7.91. The van der Waals surface area contributed by atoms with Crippen LogP contribution in [0.15, 0.2) is 54.6 Å². The second kappa shape index (κ2) is 6.42. The Bertz CT molecular complexity index is 804. The van der Waals surface area contributed by atoms with Crippen molar-refractivity contribution in [3.8, 4) is 0 Å². The molecule has 1 atom stereocenters. The van der Waals surface area contributed by atoms with Gasteiger partial charge in [-0.25, -0.2) is 8.42 Å². The molecule has 1 aliphatic rings. The Morgan fingerprint density at radius 3 is 2.39 bits per heavy atom. The fraction of sp³-hybridized carbons (Fsp3) is 0.235. The van der Waals surface area contributed by atoms with Crippen LogP contribution in [0.25, 0.3) is 0 Å². The summed E-state index contributed by atoms with van der Waals surface area (Å²) in [7, 11) is -3.01. The first kappa shape index (κ1) is 15.6. The molecule has 1 saturated heterocycles. The molecular formula is C17H18N2O3S. The number of amides is 1. The van der Waals surface area contributed by atoms with Crippen molar-refractivity contribution in [2.24, 2.45) is 0 Å². The van der Waals surface area contributed by atoms with Crippen molar-refractivity contribution in [2.75, 3.05) is 16.8 Å². The van der Waals surface area contributed by atoms with E-state index in [9.17, 15) is 13.2 Å². The van der Waals surface area contributed by atoms with Crippen molar-refractivity contribution >= 4 is 27.1 Å². The lowest BCUT2D eigenvalue weighted by Crippen LogP contribution is -2.35. The molecule has 3 rings (SSSR count). The van der Waals surface area contributed by atoms with Gasteiger partial charge in [-0.2, -0.15) is 0 Å². The highest BCUT2D eigenvalue weighted by atomic mass is 32.2. The van der Waals surface area contributed by atoms with Crippen LogP contribution in [0.3, 0.4) is 0 Å². The first-order valence-corrected chi connectivity index (χ1v) is 9.28. The Balaban J connectivity index is 1.76. The van der Waals surface area contributed by atoms with Crippen LogP contribution in [0.5, 0.6) is 0 Å². The van der Waals surface area contributed by atoms with Crippen molar-refractivity contribution in [1.82, 2.24) is 5.32 Å². The lowest BCUT2D eigenvalue weighted by molar-refractivity contribution is 0.0942. The van der Waals surface area contributed by atoms with Gasteiger partial charge in [-0.05, 0) is 30.7 Å². The third kappa shape index (κ3) is 3.90. The van der Waals surface area contributed by atoms with Crippen LogP contribution in [-0.4, -0.2) is 31.9 Å². The third-order valence-electron chi connectivity index (χ3n) is 3.79. The Kier molecular flexibility index (Phi) is 4.34. The van der Waals surface area contributed by atoms with Crippen LogP contribution in [-0.2, 0) is 9.84 Å². The third-order valence-corrected chi connectivity index (χ3v) is 5.56. The predicted molar refractivity (Wildman–Crippen MR) is 90.7 cm³/mol. The molecule has 5 nitrogen and oxygen atoms in total. The number of nitrogens with one attached hydrogen (secondary N) is 2. The van der Waals surface area contributed by atoms with E-state index in [2.05, 4.69) is 10.6 Å². The van der Waals surface area contributed by atoms with Gasteiger partial charge in [0.15, 0.2) is 9.84 Å². The topological polar surface area (TPSA) is 75.3 Å². The van der Waals surface area contributed by atoms with Crippen LogP contribution in [0.1, 0.15) is 16.8 Å². The van der Waals surface area contributed by atoms with Crippen molar-refractivity contribution in [1.29, 1.82) is 0 Å². The monoisotopic (exact) mass is 330 g/mol. The van der Waals surface area contributed by atoms with E-state index >= 15 is 0 Å². The zero-order valence-corrected chi connectivity index (χ0v) is 13.3. The Hall–Kier alpha value is -2.34. The molecule has 0 spiro atoms. The Morgan fingerprint density at radius 1 is 1.00 bits per heavy atom. The average Bonchev–Trinajstić information content (AvgIpc) is 2.87. The second-order valence-electron chi connectivity index (χ2n) is 5.61. The number of rotatable bonds is 4. The van der Waals surface area contributed by atoms with Gasteiger partial charge in [-0.3, -0.25) is 4.79 Å². The summed E-state index contributed by atoms with van der Waals surface area (Å²) in [4.78, 5) is 12.5. The molecule has 2 N–H and O–H groups in total. The van der Waals surface area contributed by atoms with Gasteiger partial charge >= 0.3 is 0 Å². The largest absolute Gasteiger partial charge is 0.355 e. The number of para-hydroxylation sites is 2. The summed E-state index contributed by atoms with van der Waals surface area (Å²) >= 11 is 0. The van der Waals surface area contributed by atoms with Crippen LogP contribution in [0.2, 0.25) is 0 Å². The number of hydrogen-bond acceptors (Lipinski definition) is 4. The van der Waals surface area contributed by atoms with Gasteiger partial charge in [-0.15, -0.1) is 0 Å². The summed E-state index contributed by atoms with van der Waals surface area (Å²) in [6.45, 7) is 0. The number of hydrogen-bond donors (Lipinski definition) is 2. The summed E-state index contributed by atoms with van der Waals surface area (Å²) in [5.74, 6) is -0.0966. The summed E-state index contributed by atoms with van der Waals surface area (Å²) in [5, 5.41) is 6.03. The van der Waals surface area contributed by atoms with Gasteiger partial charge < -0.3 is 10.6 Å². The molecule has 1 amide bonds. The van der Waals surface area contributed by atoms with Crippen molar-refractivity contribution in [3.63, 3.8) is 0 Å². The molecule has 0 radical (unpaired) electrons. The minimum Gasteiger partial charge on any atom is -0.355 e. The molecule has 2 aromatic carbocycles. The molecule has 1 fully saturated rings. The fourth-order valence-electron chi connectivity index (χ4n) is 2.64. The van der Waals surface area contributed by atoms with Gasteiger partial charge in [0.25, 0.3) is 5.91 Å². The van der Waals surface area contributed by atoms with Gasteiger partial charge in [0.1, 0.15) is 0 Å². The molecule has 0 unspecified atom stereocenters. The fourth-order valence-corrected chi connectivity index (χ4v) is 4.31. The van der Waals surface area contributed by atoms with E-state index in [0.29, 0.717) is 17.7 Å². The number of carbonyl (C=O) groups excluding carboxylic acids is 1. The van der Waals surface area contributed by atoms with E-state index < -0.39 is 9.84 Å². The molecule has 120 valence electrons. The summed E-state index contributed by atoms with van der Waals surface area (Å²) in [6, 6.07) is 16.5. The molecule has 0 bridgehead atoms. The molecule has 0 aliphatic carbocycles. The normalized spacial score (nSPS) is 19.2. The molecule has 1 heterocycles. The maximum atomic E-state index is 12.5. The molecule has 23 heavy (non-hydrogen) atoms. The zero-order chi connectivity index (χ0) is 16.3. The second-order valence-corrected chi connectivity index (χ2v) is 7.84. The van der Waals surface area contributed by atoms with E-state index in [1.54, 1.807) is 12.1 Å². The van der Waals surface area contributed by atoms with Crippen LogP contribution in [0.4, 0.5) is 11.4 Å². The predicted octanol–water partition coefficient (Wildman–Crippen LogP) is 2.35. The lowest BCUT2D eigenvalue weighted by atomic mass is 10.1. The summed E-state index contributed by atoms with van der Waals surface area (Å²) in [6.07, 6.45) is 0.475. The molecule has 1 aliphatic heterocycles. The molecule has 2 aromatic rings. The van der Waals surface area contributed by atoms with E-state index in [4.69, 9.17) is 0 Å². The standard InChI is InChI=1S/C17H18N2O3S/c20-17(19-14-10-11-23(21,22)12-14)15-8-4-5-9-16(15)18-13-6-2-1-3-7-13/h1-9,14,18H,10-12H2,(H,19,20)/t14-/m1/s1. The summed E-state index contributed by atoms with van der Waals surface area (Å²) < 4.78 is 23.0. The molecular weight excluding hydrogens is 312 g/mol. The zero-order valence-electron chi connectivity index (χ0n) is 12.5. The van der Waals surface area contributed by atoms with Crippen molar-refractivity contribution in [2.45, 2.75) is 12.5 Å². The Morgan fingerprint density at radius 2 is 1.70 bits per heavy atom. The maximum absolute atomic E-state index is 12.5. The van der Waals surface area contributed by atoms with Crippen LogP contribution >= 0.6 is 0 Å². The SMILES string of the molecule is O=C(N[C@@H]1CCS(=O)(=O)C1)c1ccccc1Nc1ccccc1. The minimum absolute atomic E-state index is 0.0209. The first-order chi connectivity index (χ1) is 11.0. The van der Waals surface area contributed by atoms with E-state index in [1.165, 1.54) is 0 Å². The number of sulfone groups is 1. The quantitative estimate of drug-likeness (QED) is 0.902. The lowest BCUT2D eigenvalue weighted by Gasteiger charge is -2.15. The maximum Gasteiger partial charge on any atom is 0.253 e. The first-order valence-electron chi connectivity index (χ1n) is 7.46. The van der Waals surface area contributed by atoms with Gasteiger partial charge in [0, 0.05) is 11.7 Å². The van der Waals surface area contributed by atoms with Crippen LogP contribution < -0.4 is 10.6 Å². The smallest absolute Gasteiger partial charge is 0.253 e. The summed E-state index contributed by atoms with van der Waals surface area (Å²) in [5.41, 5.74) is 2.08. The highest BCUT2D eigenvalue weighted by Crippen LogP contribution is 2.21. The average molecular weight is 330 g/mol. The van der Waals surface area contributed by atoms with Gasteiger partial charge in [0.05, 0.1) is 22.8 Å². The molecule has 6 heteroatoms. The van der Waals surface area contributed by atoms with E-state index in [0.717, 1.165) is 5.69 Å². The number of anilines is 2. The minimum atomic E-state index is -3.01. The molecule has 0 saturated carbocycles.